The van der Waals surface area contributed by atoms with Crippen LogP contribution in [0.15, 0.2) is 35.4 Å². The van der Waals surface area contributed by atoms with Gasteiger partial charge < -0.3 is 14.7 Å². The first-order valence-electron chi connectivity index (χ1n) is 19.9. The average Bonchev–Trinajstić information content (AvgIpc) is 3.54. The molecule has 8 unspecified atom stereocenters. The fraction of sp³-hybridized carbons (Fsp3) is 0.727. The molecule has 0 spiro atoms. The Hall–Kier alpha value is -2.96. The molecule has 8 atom stereocenters. The number of allylic oxidation sites excluding steroid dienone is 2. The zero-order valence-corrected chi connectivity index (χ0v) is 32.4. The van der Waals surface area contributed by atoms with Crippen LogP contribution in [0, 0.1) is 56.7 Å². The van der Waals surface area contributed by atoms with E-state index < -0.39 is 17.4 Å². The van der Waals surface area contributed by atoms with Gasteiger partial charge in [0.2, 0.25) is 0 Å². The minimum Gasteiger partial charge on any atom is -0.481 e. The summed E-state index contributed by atoms with van der Waals surface area (Å²) in [5, 5.41) is 9.59. The van der Waals surface area contributed by atoms with E-state index in [0.717, 1.165) is 74.5 Å². The fourth-order valence-electron chi connectivity index (χ4n) is 13.4. The Morgan fingerprint density at radius 3 is 2.33 bits per heavy atom. The number of fused-ring (bicyclic) bond motifs is 8. The van der Waals surface area contributed by atoms with E-state index in [9.17, 15) is 24.3 Å². The van der Waals surface area contributed by atoms with Crippen LogP contribution in [0.4, 0.5) is 0 Å². The first-order valence-corrected chi connectivity index (χ1v) is 19.9. The summed E-state index contributed by atoms with van der Waals surface area (Å²) in [6.45, 7) is 18.6. The number of carbonyl (C=O) groups excluding carboxylic acids is 3. The molecule has 1 N–H and O–H groups in total. The van der Waals surface area contributed by atoms with Crippen LogP contribution in [0.3, 0.4) is 0 Å². The quantitative estimate of drug-likeness (QED) is 0.272. The summed E-state index contributed by atoms with van der Waals surface area (Å²) < 4.78 is 6.16. The molecule has 5 aliphatic carbocycles. The summed E-state index contributed by atoms with van der Waals surface area (Å²) >= 11 is 0. The molecule has 278 valence electrons. The van der Waals surface area contributed by atoms with Crippen LogP contribution in [0.2, 0.25) is 0 Å². The highest BCUT2D eigenvalue weighted by molar-refractivity contribution is 6.01. The van der Waals surface area contributed by atoms with Crippen LogP contribution in [0.25, 0.3) is 0 Å². The molecular weight excluding hydrogens is 638 g/mol. The van der Waals surface area contributed by atoms with Crippen LogP contribution in [0.1, 0.15) is 142 Å². The van der Waals surface area contributed by atoms with Gasteiger partial charge >= 0.3 is 11.9 Å². The van der Waals surface area contributed by atoms with Crippen molar-refractivity contribution in [2.75, 3.05) is 6.54 Å². The highest BCUT2D eigenvalue weighted by atomic mass is 16.5. The Bertz CT molecular complexity index is 1670. The lowest BCUT2D eigenvalue weighted by Crippen LogP contribution is -2.63. The van der Waals surface area contributed by atoms with Gasteiger partial charge in [0, 0.05) is 35.9 Å². The summed E-state index contributed by atoms with van der Waals surface area (Å²) in [5.41, 5.74) is 3.30. The maximum Gasteiger partial charge on any atom is 0.309 e. The largest absolute Gasteiger partial charge is 0.481 e. The SMILES string of the molecule is CC(C)C1=C2C3CCC4C(C)(CCC5C(C)(C)C(OC(=O)CC(C)(C)C(=O)O)CCC54C)C3CCC2(CCN2Cc3ccccc3C2=O)CC1=O. The van der Waals surface area contributed by atoms with E-state index in [2.05, 4.69) is 47.6 Å². The molecular formula is C44H61NO6. The molecule has 7 nitrogen and oxygen atoms in total. The van der Waals surface area contributed by atoms with E-state index >= 15 is 0 Å². The normalized spacial score (nSPS) is 37.0. The lowest BCUT2D eigenvalue weighted by atomic mass is 9.36. The van der Waals surface area contributed by atoms with E-state index in [1.54, 1.807) is 13.8 Å². The van der Waals surface area contributed by atoms with E-state index in [1.165, 1.54) is 5.57 Å². The third kappa shape index (κ3) is 5.56. The van der Waals surface area contributed by atoms with Crippen LogP contribution in [-0.2, 0) is 25.7 Å². The number of carbonyl (C=O) groups is 4. The Balaban J connectivity index is 1.12. The molecule has 1 amide bonds. The molecule has 1 aromatic rings. The topological polar surface area (TPSA) is 101 Å². The monoisotopic (exact) mass is 699 g/mol. The first-order chi connectivity index (χ1) is 23.9. The number of rotatable bonds is 8. The smallest absolute Gasteiger partial charge is 0.309 e. The van der Waals surface area contributed by atoms with Crippen molar-refractivity contribution in [3.05, 3.63) is 46.5 Å². The Kier molecular flexibility index (Phi) is 8.78. The van der Waals surface area contributed by atoms with Crippen molar-refractivity contribution in [3.63, 3.8) is 0 Å². The van der Waals surface area contributed by atoms with Gasteiger partial charge in [0.15, 0.2) is 5.78 Å². The van der Waals surface area contributed by atoms with Crippen molar-refractivity contribution in [3.8, 4) is 0 Å². The molecule has 6 aliphatic rings. The predicted molar refractivity (Wildman–Crippen MR) is 197 cm³/mol. The number of carboxylic acids is 1. The second-order valence-corrected chi connectivity index (χ2v) is 19.7. The molecule has 7 heteroatoms. The molecule has 0 radical (unpaired) electrons. The summed E-state index contributed by atoms with van der Waals surface area (Å²) in [7, 11) is 0. The van der Waals surface area contributed by atoms with Crippen LogP contribution in [0.5, 0.6) is 0 Å². The molecule has 0 saturated heterocycles. The molecule has 1 aromatic carbocycles. The highest BCUT2D eigenvalue weighted by Gasteiger charge is 2.66. The van der Waals surface area contributed by atoms with Gasteiger partial charge in [-0.25, -0.2) is 0 Å². The number of ether oxygens (including phenoxy) is 1. The fourth-order valence-corrected chi connectivity index (χ4v) is 13.4. The number of aliphatic carboxylic acids is 1. The number of amides is 1. The molecule has 4 fully saturated rings. The number of esters is 1. The molecule has 0 aromatic heterocycles. The number of nitrogens with zero attached hydrogens (tertiary/aromatic N) is 1. The number of Topliss-reactive ketones (excluding diaryl/α,β-unsaturated/α-hetero) is 1. The maximum atomic E-state index is 14.0. The number of benzene rings is 1. The van der Waals surface area contributed by atoms with Crippen molar-refractivity contribution < 1.29 is 29.0 Å². The predicted octanol–water partition coefficient (Wildman–Crippen LogP) is 9.04. The Labute approximate surface area is 305 Å². The van der Waals surface area contributed by atoms with Crippen LogP contribution in [-0.4, -0.2) is 46.3 Å². The van der Waals surface area contributed by atoms with Crippen LogP contribution >= 0.6 is 0 Å². The third-order valence-electron chi connectivity index (χ3n) is 15.9. The second kappa shape index (κ2) is 12.3. The number of hydrogen-bond donors (Lipinski definition) is 1. The summed E-state index contributed by atoms with van der Waals surface area (Å²) in [6.07, 6.45) is 9.60. The van der Waals surface area contributed by atoms with Gasteiger partial charge in [0.1, 0.15) is 6.10 Å². The molecule has 7 rings (SSSR count). The Morgan fingerprint density at radius 2 is 1.65 bits per heavy atom. The zero-order valence-electron chi connectivity index (χ0n) is 32.4. The van der Waals surface area contributed by atoms with Gasteiger partial charge in [-0.3, -0.25) is 19.2 Å². The van der Waals surface area contributed by atoms with Crippen molar-refractivity contribution in [1.29, 1.82) is 0 Å². The maximum absolute atomic E-state index is 14.0. The van der Waals surface area contributed by atoms with Gasteiger partial charge in [0.25, 0.3) is 5.91 Å². The average molecular weight is 700 g/mol. The molecule has 0 bridgehead atoms. The van der Waals surface area contributed by atoms with Crippen molar-refractivity contribution in [2.45, 2.75) is 139 Å². The summed E-state index contributed by atoms with van der Waals surface area (Å²) in [4.78, 5) is 54.2. The van der Waals surface area contributed by atoms with Gasteiger partial charge in [-0.15, -0.1) is 0 Å². The van der Waals surface area contributed by atoms with Crippen LogP contribution < -0.4 is 0 Å². The molecule has 1 aliphatic heterocycles. The second-order valence-electron chi connectivity index (χ2n) is 19.7. The lowest BCUT2D eigenvalue weighted by Gasteiger charge is -2.69. The minimum absolute atomic E-state index is 0.116. The van der Waals surface area contributed by atoms with Crippen molar-refractivity contribution >= 4 is 23.6 Å². The van der Waals surface area contributed by atoms with Crippen molar-refractivity contribution in [1.82, 2.24) is 4.90 Å². The minimum atomic E-state index is -1.15. The third-order valence-corrected chi connectivity index (χ3v) is 15.9. The summed E-state index contributed by atoms with van der Waals surface area (Å²) in [5.74, 6) is 1.19. The van der Waals surface area contributed by atoms with Gasteiger partial charge in [-0.1, -0.05) is 65.3 Å². The molecule has 4 saturated carbocycles. The summed E-state index contributed by atoms with van der Waals surface area (Å²) in [6, 6.07) is 7.97. The number of carboxylic acid groups (broad SMARTS) is 1. The van der Waals surface area contributed by atoms with Gasteiger partial charge in [0.05, 0.1) is 11.8 Å². The zero-order chi connectivity index (χ0) is 36.9. The highest BCUT2D eigenvalue weighted by Crippen LogP contribution is 2.73. The lowest BCUT2D eigenvalue weighted by molar-refractivity contribution is -0.213. The first kappa shape index (κ1) is 36.4. The van der Waals surface area contributed by atoms with E-state index in [1.807, 2.05) is 23.1 Å². The number of ketones is 1. The number of hydrogen-bond acceptors (Lipinski definition) is 5. The van der Waals surface area contributed by atoms with Gasteiger partial charge in [-0.2, -0.15) is 0 Å². The van der Waals surface area contributed by atoms with Crippen molar-refractivity contribution in [2.24, 2.45) is 56.7 Å². The Morgan fingerprint density at radius 1 is 0.941 bits per heavy atom. The van der Waals surface area contributed by atoms with E-state index in [-0.39, 0.29) is 46.0 Å². The van der Waals surface area contributed by atoms with E-state index in [0.29, 0.717) is 49.0 Å². The standard InChI is InChI=1S/C44H61NO6/c1-26(2)36-31(46)23-44(21-22-45-25-27-11-9-10-12-28(27)38(45)48)20-15-30-29(37(36)44)13-14-33-42(30,7)18-16-32-41(5,6)34(17-19-43(32,33)8)51-35(47)24-40(3,4)39(49)50/h9-12,26,29-30,32-34H,13-25H2,1-8H3,(H,49,50). The van der Waals surface area contributed by atoms with Gasteiger partial charge in [-0.05, 0) is 129 Å². The van der Waals surface area contributed by atoms with E-state index in [4.69, 9.17) is 4.74 Å². The molecule has 1 heterocycles. The molecule has 51 heavy (non-hydrogen) atoms.